The number of hydrogen-bond donors (Lipinski definition) is 1. The molecule has 9 heteroatoms. The first-order chi connectivity index (χ1) is 12.6. The van der Waals surface area contributed by atoms with Gasteiger partial charge in [0.2, 0.25) is 0 Å². The Bertz CT molecular complexity index is 942. The second kappa shape index (κ2) is 8.41. The van der Waals surface area contributed by atoms with Crippen LogP contribution in [0.2, 0.25) is 5.02 Å². The molecule has 0 saturated heterocycles. The van der Waals surface area contributed by atoms with E-state index in [4.69, 9.17) is 16.3 Å². The summed E-state index contributed by atoms with van der Waals surface area (Å²) in [6.45, 7) is 1.45. The van der Waals surface area contributed by atoms with E-state index in [-0.39, 0.29) is 16.4 Å². The van der Waals surface area contributed by atoms with Crippen molar-refractivity contribution in [1.29, 1.82) is 0 Å². The molecule has 0 aromatic heterocycles. The number of carbonyl (C=O) groups is 2. The summed E-state index contributed by atoms with van der Waals surface area (Å²) in [6, 6.07) is 11.5. The molecule has 0 bridgehead atoms. The molecule has 0 aliphatic carbocycles. The van der Waals surface area contributed by atoms with Crippen molar-refractivity contribution in [2.75, 3.05) is 18.8 Å². The summed E-state index contributed by atoms with van der Waals surface area (Å²) >= 11 is 5.78. The highest BCUT2D eigenvalue weighted by atomic mass is 35.5. The Balaban J connectivity index is 2.19. The number of likely N-dealkylation sites (N-methyl/N-ethyl adjacent to an activating group) is 1. The lowest BCUT2D eigenvalue weighted by Crippen LogP contribution is -2.34. The summed E-state index contributed by atoms with van der Waals surface area (Å²) in [5.41, 5.74) is 0.352. The Morgan fingerprint density at radius 1 is 1.11 bits per heavy atom. The molecule has 0 aliphatic heterocycles. The van der Waals surface area contributed by atoms with Gasteiger partial charge in [0, 0.05) is 24.8 Å². The number of hydrogen-bond acceptors (Lipinski definition) is 5. The standard InChI is InChI=1S/C18H19ClN2O5S/c1-12(17(22)21(2)3)26-18(23)13-5-4-6-16(11-13)27(24,25)20-15-9-7-14(19)8-10-15/h4-12,20H,1-3H3/t12-/m1/s1. The summed E-state index contributed by atoms with van der Waals surface area (Å²) in [6.07, 6.45) is -0.986. The molecule has 0 fully saturated rings. The second-order valence-corrected chi connectivity index (χ2v) is 8.04. The monoisotopic (exact) mass is 410 g/mol. The fourth-order valence-electron chi connectivity index (χ4n) is 2.16. The van der Waals surface area contributed by atoms with Crippen molar-refractivity contribution in [1.82, 2.24) is 4.90 Å². The van der Waals surface area contributed by atoms with Crippen molar-refractivity contribution in [3.8, 4) is 0 Å². The van der Waals surface area contributed by atoms with Gasteiger partial charge in [-0.05, 0) is 49.4 Å². The predicted octanol–water partition coefficient (Wildman–Crippen LogP) is 2.77. The van der Waals surface area contributed by atoms with Crippen molar-refractivity contribution in [2.24, 2.45) is 0 Å². The van der Waals surface area contributed by atoms with Gasteiger partial charge in [0.25, 0.3) is 15.9 Å². The van der Waals surface area contributed by atoms with E-state index in [1.165, 1.54) is 48.2 Å². The number of sulfonamides is 1. The molecular weight excluding hydrogens is 392 g/mol. The van der Waals surface area contributed by atoms with Gasteiger partial charge in [0.05, 0.1) is 10.5 Å². The highest BCUT2D eigenvalue weighted by Crippen LogP contribution is 2.19. The van der Waals surface area contributed by atoms with Crippen LogP contribution in [0.1, 0.15) is 17.3 Å². The predicted molar refractivity (Wildman–Crippen MR) is 102 cm³/mol. The van der Waals surface area contributed by atoms with Crippen molar-refractivity contribution < 1.29 is 22.7 Å². The molecule has 2 aromatic carbocycles. The summed E-state index contributed by atoms with van der Waals surface area (Å²) < 4.78 is 32.5. The Morgan fingerprint density at radius 2 is 1.74 bits per heavy atom. The number of amides is 1. The SMILES string of the molecule is C[C@@H](OC(=O)c1cccc(S(=O)(=O)Nc2ccc(Cl)cc2)c1)C(=O)N(C)C. The summed E-state index contributed by atoms with van der Waals surface area (Å²) in [4.78, 5) is 25.2. The zero-order valence-electron chi connectivity index (χ0n) is 15.0. The van der Waals surface area contributed by atoms with E-state index in [1.54, 1.807) is 26.2 Å². The molecule has 2 rings (SSSR count). The van der Waals surface area contributed by atoms with Crippen LogP contribution in [0.5, 0.6) is 0 Å². The molecule has 1 amide bonds. The molecule has 0 aliphatic rings. The van der Waals surface area contributed by atoms with Gasteiger partial charge in [-0.1, -0.05) is 17.7 Å². The van der Waals surface area contributed by atoms with Crippen molar-refractivity contribution in [3.63, 3.8) is 0 Å². The minimum absolute atomic E-state index is 0.0207. The van der Waals surface area contributed by atoms with E-state index in [9.17, 15) is 18.0 Å². The molecular formula is C18H19ClN2O5S. The van der Waals surface area contributed by atoms with Crippen LogP contribution >= 0.6 is 11.6 Å². The van der Waals surface area contributed by atoms with Crippen LogP contribution in [-0.4, -0.2) is 45.4 Å². The maximum Gasteiger partial charge on any atom is 0.338 e. The second-order valence-electron chi connectivity index (χ2n) is 5.92. The van der Waals surface area contributed by atoms with Crippen LogP contribution in [0.3, 0.4) is 0 Å². The van der Waals surface area contributed by atoms with E-state index in [0.717, 1.165) is 0 Å². The van der Waals surface area contributed by atoms with Crippen molar-refractivity contribution >= 4 is 39.2 Å². The third-order valence-electron chi connectivity index (χ3n) is 3.55. The van der Waals surface area contributed by atoms with Crippen LogP contribution in [0.15, 0.2) is 53.4 Å². The van der Waals surface area contributed by atoms with E-state index >= 15 is 0 Å². The molecule has 1 atom stereocenters. The molecule has 7 nitrogen and oxygen atoms in total. The first kappa shape index (κ1) is 20.7. The fourth-order valence-corrected chi connectivity index (χ4v) is 3.39. The van der Waals surface area contributed by atoms with Gasteiger partial charge in [0.1, 0.15) is 0 Å². The van der Waals surface area contributed by atoms with Crippen LogP contribution in [0.25, 0.3) is 0 Å². The topological polar surface area (TPSA) is 92.8 Å². The molecule has 0 radical (unpaired) electrons. The Morgan fingerprint density at radius 3 is 2.33 bits per heavy atom. The van der Waals surface area contributed by atoms with Crippen molar-refractivity contribution in [3.05, 3.63) is 59.1 Å². The molecule has 0 spiro atoms. The Labute approximate surface area is 162 Å². The fraction of sp³-hybridized carbons (Fsp3) is 0.222. The Kier molecular flexibility index (Phi) is 6.45. The first-order valence-corrected chi connectivity index (χ1v) is 9.77. The number of nitrogens with one attached hydrogen (secondary N) is 1. The molecule has 1 N–H and O–H groups in total. The van der Waals surface area contributed by atoms with E-state index < -0.39 is 22.1 Å². The maximum absolute atomic E-state index is 12.5. The molecule has 0 unspecified atom stereocenters. The number of esters is 1. The zero-order chi connectivity index (χ0) is 20.2. The molecule has 27 heavy (non-hydrogen) atoms. The third kappa shape index (κ3) is 5.45. The summed E-state index contributed by atoms with van der Waals surface area (Å²) in [7, 11) is -0.829. The van der Waals surface area contributed by atoms with Gasteiger partial charge < -0.3 is 9.64 Å². The van der Waals surface area contributed by atoms with Gasteiger partial charge in [0.15, 0.2) is 6.10 Å². The third-order valence-corrected chi connectivity index (χ3v) is 5.18. The van der Waals surface area contributed by atoms with E-state index in [0.29, 0.717) is 10.7 Å². The summed E-state index contributed by atoms with van der Waals surface area (Å²) in [5, 5.41) is 0.476. The van der Waals surface area contributed by atoms with Gasteiger partial charge >= 0.3 is 5.97 Å². The van der Waals surface area contributed by atoms with E-state index in [1.807, 2.05) is 0 Å². The largest absolute Gasteiger partial charge is 0.449 e. The zero-order valence-corrected chi connectivity index (χ0v) is 16.5. The normalized spacial score (nSPS) is 12.1. The maximum atomic E-state index is 12.5. The highest BCUT2D eigenvalue weighted by molar-refractivity contribution is 7.92. The number of halogens is 1. The lowest BCUT2D eigenvalue weighted by Gasteiger charge is -2.17. The number of nitrogens with zero attached hydrogens (tertiary/aromatic N) is 1. The molecule has 0 saturated carbocycles. The van der Waals surface area contributed by atoms with Crippen LogP contribution in [-0.2, 0) is 19.6 Å². The summed E-state index contributed by atoms with van der Waals surface area (Å²) in [5.74, 6) is -1.17. The number of carbonyl (C=O) groups excluding carboxylic acids is 2. The van der Waals surface area contributed by atoms with E-state index in [2.05, 4.69) is 4.72 Å². The number of benzene rings is 2. The van der Waals surface area contributed by atoms with Gasteiger partial charge in [-0.3, -0.25) is 9.52 Å². The van der Waals surface area contributed by atoms with Crippen molar-refractivity contribution in [2.45, 2.75) is 17.9 Å². The number of anilines is 1. The number of ether oxygens (including phenoxy) is 1. The molecule has 2 aromatic rings. The van der Waals surface area contributed by atoms with Crippen LogP contribution < -0.4 is 4.72 Å². The van der Waals surface area contributed by atoms with Gasteiger partial charge in [-0.2, -0.15) is 0 Å². The van der Waals surface area contributed by atoms with Gasteiger partial charge in [-0.15, -0.1) is 0 Å². The van der Waals surface area contributed by atoms with Crippen LogP contribution in [0.4, 0.5) is 5.69 Å². The molecule has 0 heterocycles. The first-order valence-electron chi connectivity index (χ1n) is 7.91. The lowest BCUT2D eigenvalue weighted by atomic mass is 10.2. The minimum Gasteiger partial charge on any atom is -0.449 e. The lowest BCUT2D eigenvalue weighted by molar-refractivity contribution is -0.137. The quantitative estimate of drug-likeness (QED) is 0.739. The smallest absolute Gasteiger partial charge is 0.338 e. The Hall–Kier alpha value is -2.58. The molecule has 144 valence electrons. The average Bonchev–Trinajstić information content (AvgIpc) is 2.62. The number of rotatable bonds is 6. The highest BCUT2D eigenvalue weighted by Gasteiger charge is 2.22. The van der Waals surface area contributed by atoms with Gasteiger partial charge in [-0.25, -0.2) is 13.2 Å². The average molecular weight is 411 g/mol. The van der Waals surface area contributed by atoms with Crippen LogP contribution in [0, 0.1) is 0 Å². The minimum atomic E-state index is -3.92.